The molecule has 290 valence electrons. The molecule has 1 saturated carbocycles. The lowest BCUT2D eigenvalue weighted by Gasteiger charge is -2.30. The second kappa shape index (κ2) is 17.0. The molecule has 4 amide bonds. The van der Waals surface area contributed by atoms with Crippen molar-refractivity contribution >= 4 is 31.4 Å². The van der Waals surface area contributed by atoms with Crippen LogP contribution in [0.3, 0.4) is 0 Å². The molecule has 4 fully saturated rings. The molecule has 14 nitrogen and oxygen atoms in total. The van der Waals surface area contributed by atoms with Crippen LogP contribution < -0.4 is 10.6 Å². The molecule has 4 N–H and O–H groups in total. The standard InChI is InChI=1S/C38H47FN5O9P/c1-2-19-54(50,51)53-38(13-14-38)36(47)43-25-31(41-35(46)33-20-30(39)24-44(33)37(48)49)21-32(43)22-40-34(45)29-11-9-27(10-12-29)4-3-26-5-7-28(8-6-26)23-42-15-17-52-18-16-42/h5-12,30-33H,2,13-25H2,1H3,(H,40,45)(H,41,46)(H,48,49)(H,50,51)/t30-,31+,32+,33-/m0/s1. The van der Waals surface area contributed by atoms with Crippen molar-refractivity contribution in [2.24, 2.45) is 0 Å². The van der Waals surface area contributed by atoms with E-state index in [1.54, 1.807) is 31.2 Å². The van der Waals surface area contributed by atoms with Gasteiger partial charge in [0.15, 0.2) is 5.60 Å². The van der Waals surface area contributed by atoms with E-state index >= 15 is 0 Å². The Morgan fingerprint density at radius 1 is 0.981 bits per heavy atom. The van der Waals surface area contributed by atoms with Gasteiger partial charge in [0.1, 0.15) is 12.2 Å². The van der Waals surface area contributed by atoms with E-state index in [0.29, 0.717) is 12.0 Å². The normalized spacial score (nSPS) is 24.6. The third-order valence-electron chi connectivity index (χ3n) is 10.2. The van der Waals surface area contributed by atoms with Crippen molar-refractivity contribution in [1.29, 1.82) is 0 Å². The molecule has 16 heteroatoms. The Balaban J connectivity index is 1.08. The van der Waals surface area contributed by atoms with Crippen LogP contribution in [0, 0.1) is 11.8 Å². The average Bonchev–Trinajstić information content (AvgIpc) is 3.62. The van der Waals surface area contributed by atoms with E-state index in [-0.39, 0.29) is 44.9 Å². The van der Waals surface area contributed by atoms with Gasteiger partial charge in [-0.1, -0.05) is 30.9 Å². The third kappa shape index (κ3) is 9.85. The molecule has 54 heavy (non-hydrogen) atoms. The molecule has 3 saturated heterocycles. The predicted molar refractivity (Wildman–Crippen MR) is 195 cm³/mol. The van der Waals surface area contributed by atoms with Crippen LogP contribution >= 0.6 is 7.60 Å². The summed E-state index contributed by atoms with van der Waals surface area (Å²) in [5.74, 6) is 4.69. The summed E-state index contributed by atoms with van der Waals surface area (Å²) in [7, 11) is -4.04. The van der Waals surface area contributed by atoms with Gasteiger partial charge in [0.05, 0.1) is 25.8 Å². The number of benzene rings is 2. The summed E-state index contributed by atoms with van der Waals surface area (Å²) in [6.07, 6.45) is -2.19. The van der Waals surface area contributed by atoms with E-state index in [1.165, 1.54) is 10.5 Å². The number of halogens is 1. The molecule has 2 aromatic rings. The second-order valence-corrected chi connectivity index (χ2v) is 16.3. The van der Waals surface area contributed by atoms with E-state index < -0.39 is 67.9 Å². The second-order valence-electron chi connectivity index (χ2n) is 14.4. The van der Waals surface area contributed by atoms with Gasteiger partial charge in [-0.3, -0.25) is 33.3 Å². The highest BCUT2D eigenvalue weighted by Crippen LogP contribution is 2.56. The van der Waals surface area contributed by atoms with E-state index in [2.05, 4.69) is 39.5 Å². The predicted octanol–water partition coefficient (Wildman–Crippen LogP) is 2.97. The van der Waals surface area contributed by atoms with Crippen LogP contribution in [0.4, 0.5) is 9.18 Å². The van der Waals surface area contributed by atoms with Crippen molar-refractivity contribution < 1.29 is 47.4 Å². The van der Waals surface area contributed by atoms with Gasteiger partial charge in [0.2, 0.25) is 5.91 Å². The number of carbonyl (C=O) groups excluding carboxylic acids is 3. The summed E-state index contributed by atoms with van der Waals surface area (Å²) >= 11 is 0. The highest BCUT2D eigenvalue weighted by molar-refractivity contribution is 7.52. The fourth-order valence-corrected chi connectivity index (χ4v) is 8.66. The maximum absolute atomic E-state index is 14.1. The minimum atomic E-state index is -4.04. The van der Waals surface area contributed by atoms with Gasteiger partial charge in [-0.05, 0) is 67.6 Å². The topological polar surface area (TPSA) is 178 Å². The first-order valence-corrected chi connectivity index (χ1v) is 20.2. The smallest absolute Gasteiger partial charge is 0.408 e. The molecule has 2 aromatic carbocycles. The maximum atomic E-state index is 14.1. The van der Waals surface area contributed by atoms with Crippen LogP contribution in [0.15, 0.2) is 48.5 Å². The Morgan fingerprint density at radius 2 is 1.63 bits per heavy atom. The highest BCUT2D eigenvalue weighted by Gasteiger charge is 2.58. The monoisotopic (exact) mass is 767 g/mol. The van der Waals surface area contributed by atoms with Crippen LogP contribution in [0.25, 0.3) is 0 Å². The number of carbonyl (C=O) groups is 4. The minimum absolute atomic E-state index is 0.000900. The fraction of sp³-hybridized carbons (Fsp3) is 0.526. The largest absolute Gasteiger partial charge is 0.465 e. The first kappa shape index (κ1) is 39.4. The molecule has 5 atom stereocenters. The van der Waals surface area contributed by atoms with Gasteiger partial charge in [-0.15, -0.1) is 0 Å². The lowest BCUT2D eigenvalue weighted by Crippen LogP contribution is -2.50. The number of amides is 4. The van der Waals surface area contributed by atoms with Crippen LogP contribution in [-0.2, 0) is 30.0 Å². The third-order valence-corrected chi connectivity index (χ3v) is 11.8. The zero-order valence-corrected chi connectivity index (χ0v) is 31.1. The quantitative estimate of drug-likeness (QED) is 0.186. The molecule has 0 spiro atoms. The SMILES string of the molecule is CCCP(=O)(O)OC1(C(=O)N2C[C@H](NC(=O)[C@@H]3C[C@H](F)CN3C(=O)O)C[C@@H]2CNC(=O)c2ccc(C#Cc3ccc(CN4CCOCC4)cc3)cc2)CC1. The number of hydrogen-bond acceptors (Lipinski definition) is 8. The molecule has 1 aliphatic carbocycles. The van der Waals surface area contributed by atoms with E-state index in [4.69, 9.17) is 9.26 Å². The molecule has 0 aromatic heterocycles. The van der Waals surface area contributed by atoms with Crippen molar-refractivity contribution in [2.75, 3.05) is 52.1 Å². The lowest BCUT2D eigenvalue weighted by atomic mass is 10.1. The number of likely N-dealkylation sites (tertiary alicyclic amines) is 2. The van der Waals surface area contributed by atoms with E-state index in [9.17, 15) is 38.1 Å². The van der Waals surface area contributed by atoms with Crippen molar-refractivity contribution in [3.05, 3.63) is 70.8 Å². The fourth-order valence-electron chi connectivity index (χ4n) is 7.20. The number of alkyl halides is 1. The van der Waals surface area contributed by atoms with Crippen LogP contribution in [0.5, 0.6) is 0 Å². The molecule has 3 heterocycles. The van der Waals surface area contributed by atoms with E-state index in [1.807, 2.05) is 12.1 Å². The molecule has 1 unspecified atom stereocenters. The molecule has 6 rings (SSSR count). The molecular formula is C38H47FN5O9P. The summed E-state index contributed by atoms with van der Waals surface area (Å²) in [5, 5.41) is 15.1. The minimum Gasteiger partial charge on any atom is -0.465 e. The molecule has 4 aliphatic rings. The first-order valence-electron chi connectivity index (χ1n) is 18.4. The van der Waals surface area contributed by atoms with Crippen LogP contribution in [0.2, 0.25) is 0 Å². The number of nitrogens with zero attached hydrogens (tertiary/aromatic N) is 3. The summed E-state index contributed by atoms with van der Waals surface area (Å²) < 4.78 is 37.7. The Hall–Kier alpha value is -4.32. The first-order chi connectivity index (χ1) is 25.8. The summed E-state index contributed by atoms with van der Waals surface area (Å²) in [4.78, 5) is 66.8. The van der Waals surface area contributed by atoms with Crippen molar-refractivity contribution in [3.63, 3.8) is 0 Å². The van der Waals surface area contributed by atoms with Gasteiger partial charge in [0, 0.05) is 68.0 Å². The zero-order chi connectivity index (χ0) is 38.5. The number of carboxylic acid groups (broad SMARTS) is 1. The number of hydrogen-bond donors (Lipinski definition) is 4. The van der Waals surface area contributed by atoms with Crippen molar-refractivity contribution in [1.82, 2.24) is 25.3 Å². The number of rotatable bonds is 12. The average molecular weight is 768 g/mol. The Bertz CT molecular complexity index is 1810. The van der Waals surface area contributed by atoms with Crippen LogP contribution in [-0.4, -0.2) is 131 Å². The Kier molecular flexibility index (Phi) is 12.4. The number of nitrogens with one attached hydrogen (secondary N) is 2. The molecule has 3 aliphatic heterocycles. The van der Waals surface area contributed by atoms with Crippen molar-refractivity contribution in [2.45, 2.75) is 75.5 Å². The highest BCUT2D eigenvalue weighted by atomic mass is 31.2. The van der Waals surface area contributed by atoms with Gasteiger partial charge in [-0.25, -0.2) is 9.18 Å². The Labute approximate surface area is 313 Å². The van der Waals surface area contributed by atoms with Gasteiger partial charge in [-0.2, -0.15) is 0 Å². The molecule has 0 radical (unpaired) electrons. The van der Waals surface area contributed by atoms with Gasteiger partial charge < -0.3 is 30.3 Å². The van der Waals surface area contributed by atoms with E-state index in [0.717, 1.165) is 48.9 Å². The van der Waals surface area contributed by atoms with Crippen LogP contribution in [0.1, 0.15) is 66.1 Å². The summed E-state index contributed by atoms with van der Waals surface area (Å²) in [5.41, 5.74) is 1.69. The number of morpholine rings is 1. The molecular weight excluding hydrogens is 720 g/mol. The summed E-state index contributed by atoms with van der Waals surface area (Å²) in [6, 6.07) is 12.4. The van der Waals surface area contributed by atoms with Crippen molar-refractivity contribution in [3.8, 4) is 11.8 Å². The van der Waals surface area contributed by atoms with Gasteiger partial charge in [0.25, 0.3) is 11.8 Å². The lowest BCUT2D eigenvalue weighted by molar-refractivity contribution is -0.142. The van der Waals surface area contributed by atoms with Gasteiger partial charge >= 0.3 is 13.7 Å². The molecule has 0 bridgehead atoms. The maximum Gasteiger partial charge on any atom is 0.408 e. The Morgan fingerprint density at radius 3 is 2.24 bits per heavy atom. The summed E-state index contributed by atoms with van der Waals surface area (Å²) in [6.45, 7) is 5.51. The number of ether oxygens (including phenoxy) is 1. The zero-order valence-electron chi connectivity index (χ0n) is 30.2.